The number of rotatable bonds is 15. The summed E-state index contributed by atoms with van der Waals surface area (Å²) in [6.45, 7) is 9.21. The average Bonchev–Trinajstić information content (AvgIpc) is 2.46. The molecule has 0 rings (SSSR count). The lowest BCUT2D eigenvalue weighted by molar-refractivity contribution is 0.161. The van der Waals surface area contributed by atoms with E-state index in [2.05, 4.69) is 20.8 Å². The van der Waals surface area contributed by atoms with Crippen molar-refractivity contribution >= 4 is 8.56 Å². The first-order chi connectivity index (χ1) is 9.74. The van der Waals surface area contributed by atoms with Gasteiger partial charge in [-0.2, -0.15) is 0 Å². The molecule has 0 aromatic carbocycles. The SMILES string of the molecule is CCCCO[Si](CCCC)(CCCCN)OCCCC. The molecule has 20 heavy (non-hydrogen) atoms. The van der Waals surface area contributed by atoms with Crippen molar-refractivity contribution in [2.75, 3.05) is 19.8 Å². The van der Waals surface area contributed by atoms with Gasteiger partial charge >= 0.3 is 8.56 Å². The van der Waals surface area contributed by atoms with Crippen LogP contribution >= 0.6 is 0 Å². The van der Waals surface area contributed by atoms with Gasteiger partial charge in [-0.1, -0.05) is 52.9 Å². The summed E-state index contributed by atoms with van der Waals surface area (Å²) in [5.41, 5.74) is 5.64. The minimum atomic E-state index is -1.98. The topological polar surface area (TPSA) is 44.5 Å². The Kier molecular flexibility index (Phi) is 14.1. The molecule has 0 aliphatic carbocycles. The van der Waals surface area contributed by atoms with Crippen molar-refractivity contribution in [3.05, 3.63) is 0 Å². The van der Waals surface area contributed by atoms with Crippen molar-refractivity contribution in [1.29, 1.82) is 0 Å². The third-order valence-corrected chi connectivity index (χ3v) is 7.34. The second-order valence-electron chi connectivity index (χ2n) is 5.66. The zero-order valence-electron chi connectivity index (χ0n) is 14.1. The maximum atomic E-state index is 6.34. The summed E-state index contributed by atoms with van der Waals surface area (Å²) >= 11 is 0. The summed E-state index contributed by atoms with van der Waals surface area (Å²) in [6, 6.07) is 2.28. The van der Waals surface area contributed by atoms with Gasteiger partial charge in [0.1, 0.15) is 0 Å². The molecule has 0 unspecified atom stereocenters. The van der Waals surface area contributed by atoms with Gasteiger partial charge in [0.25, 0.3) is 0 Å². The Morgan fingerprint density at radius 3 is 1.65 bits per heavy atom. The Balaban J connectivity index is 4.48. The first kappa shape index (κ1) is 20.1. The third kappa shape index (κ3) is 9.92. The molecule has 2 N–H and O–H groups in total. The Morgan fingerprint density at radius 1 is 0.700 bits per heavy atom. The molecular formula is C16H37NO2Si. The lowest BCUT2D eigenvalue weighted by Crippen LogP contribution is -2.43. The summed E-state index contributed by atoms with van der Waals surface area (Å²) in [7, 11) is -1.98. The normalized spacial score (nSPS) is 12.0. The van der Waals surface area contributed by atoms with Gasteiger partial charge in [0, 0.05) is 13.2 Å². The van der Waals surface area contributed by atoms with Crippen LogP contribution in [0.5, 0.6) is 0 Å². The molecule has 122 valence electrons. The van der Waals surface area contributed by atoms with Crippen molar-refractivity contribution in [3.8, 4) is 0 Å². The van der Waals surface area contributed by atoms with Crippen LogP contribution in [0.25, 0.3) is 0 Å². The van der Waals surface area contributed by atoms with Crippen LogP contribution in [0.4, 0.5) is 0 Å². The van der Waals surface area contributed by atoms with Crippen molar-refractivity contribution < 1.29 is 8.85 Å². The Labute approximate surface area is 127 Å². The van der Waals surface area contributed by atoms with Gasteiger partial charge in [-0.3, -0.25) is 0 Å². The van der Waals surface area contributed by atoms with E-state index in [-0.39, 0.29) is 0 Å². The van der Waals surface area contributed by atoms with Crippen LogP contribution in [0.15, 0.2) is 0 Å². The summed E-state index contributed by atoms with van der Waals surface area (Å²) in [5, 5.41) is 0. The van der Waals surface area contributed by atoms with Gasteiger partial charge in [-0.25, -0.2) is 0 Å². The van der Waals surface area contributed by atoms with Crippen LogP contribution in [0.1, 0.15) is 72.1 Å². The van der Waals surface area contributed by atoms with Crippen LogP contribution in [0.2, 0.25) is 12.1 Å². The first-order valence-electron chi connectivity index (χ1n) is 8.72. The molecule has 0 bridgehead atoms. The van der Waals surface area contributed by atoms with Gasteiger partial charge in [-0.05, 0) is 37.9 Å². The third-order valence-electron chi connectivity index (χ3n) is 3.65. The van der Waals surface area contributed by atoms with E-state index in [1.54, 1.807) is 0 Å². The predicted molar refractivity (Wildman–Crippen MR) is 90.3 cm³/mol. The van der Waals surface area contributed by atoms with Gasteiger partial charge < -0.3 is 14.6 Å². The van der Waals surface area contributed by atoms with Gasteiger partial charge in [0.2, 0.25) is 0 Å². The van der Waals surface area contributed by atoms with E-state index in [0.717, 1.165) is 57.5 Å². The maximum absolute atomic E-state index is 6.34. The Hall–Kier alpha value is 0.0969. The lowest BCUT2D eigenvalue weighted by Gasteiger charge is -2.31. The minimum absolute atomic E-state index is 0.780. The van der Waals surface area contributed by atoms with Crippen molar-refractivity contribution in [2.45, 2.75) is 84.2 Å². The van der Waals surface area contributed by atoms with Gasteiger partial charge in [0.15, 0.2) is 0 Å². The fourth-order valence-electron chi connectivity index (χ4n) is 2.25. The summed E-state index contributed by atoms with van der Waals surface area (Å²) < 4.78 is 12.7. The number of unbranched alkanes of at least 4 members (excludes halogenated alkanes) is 4. The van der Waals surface area contributed by atoms with Crippen LogP contribution in [0, 0.1) is 0 Å². The Bertz CT molecular complexity index is 176. The summed E-state index contributed by atoms with van der Waals surface area (Å²) in [4.78, 5) is 0. The second kappa shape index (κ2) is 14.1. The van der Waals surface area contributed by atoms with E-state index in [9.17, 15) is 0 Å². The highest BCUT2D eigenvalue weighted by Gasteiger charge is 2.36. The van der Waals surface area contributed by atoms with E-state index in [1.165, 1.54) is 25.7 Å². The highest BCUT2D eigenvalue weighted by atomic mass is 28.4. The number of hydrogen-bond donors (Lipinski definition) is 1. The quantitative estimate of drug-likeness (QED) is 0.355. The molecule has 0 aromatic rings. The highest BCUT2D eigenvalue weighted by molar-refractivity contribution is 6.67. The van der Waals surface area contributed by atoms with Crippen molar-refractivity contribution in [3.63, 3.8) is 0 Å². The van der Waals surface area contributed by atoms with Crippen molar-refractivity contribution in [2.24, 2.45) is 5.73 Å². The van der Waals surface area contributed by atoms with Crippen LogP contribution in [-0.2, 0) is 8.85 Å². The fourth-order valence-corrected chi connectivity index (χ4v) is 5.87. The van der Waals surface area contributed by atoms with Gasteiger partial charge in [-0.15, -0.1) is 0 Å². The number of nitrogens with two attached hydrogens (primary N) is 1. The smallest absolute Gasteiger partial charge is 0.338 e. The second-order valence-corrected chi connectivity index (χ2v) is 9.06. The lowest BCUT2D eigenvalue weighted by atomic mass is 10.3. The predicted octanol–water partition coefficient (Wildman–Crippen LogP) is 4.60. The molecule has 0 heterocycles. The van der Waals surface area contributed by atoms with E-state index in [1.807, 2.05) is 0 Å². The largest absolute Gasteiger partial charge is 0.394 e. The highest BCUT2D eigenvalue weighted by Crippen LogP contribution is 2.25. The zero-order valence-corrected chi connectivity index (χ0v) is 15.1. The zero-order chi connectivity index (χ0) is 15.1. The molecule has 0 saturated carbocycles. The molecule has 0 atom stereocenters. The molecule has 0 radical (unpaired) electrons. The van der Waals surface area contributed by atoms with Crippen LogP contribution < -0.4 is 5.73 Å². The van der Waals surface area contributed by atoms with Gasteiger partial charge in [0.05, 0.1) is 0 Å². The average molecular weight is 304 g/mol. The molecule has 0 aliphatic rings. The minimum Gasteiger partial charge on any atom is -0.394 e. The van der Waals surface area contributed by atoms with Crippen LogP contribution in [0.3, 0.4) is 0 Å². The number of hydrogen-bond acceptors (Lipinski definition) is 3. The molecule has 3 nitrogen and oxygen atoms in total. The summed E-state index contributed by atoms with van der Waals surface area (Å²) in [5.74, 6) is 0. The van der Waals surface area contributed by atoms with E-state index >= 15 is 0 Å². The monoisotopic (exact) mass is 303 g/mol. The molecule has 0 saturated heterocycles. The Morgan fingerprint density at radius 2 is 1.20 bits per heavy atom. The van der Waals surface area contributed by atoms with E-state index < -0.39 is 8.56 Å². The summed E-state index contributed by atoms with van der Waals surface area (Å²) in [6.07, 6.45) is 9.38. The fraction of sp³-hybridized carbons (Fsp3) is 1.00. The molecule has 4 heteroatoms. The molecule has 0 amide bonds. The van der Waals surface area contributed by atoms with E-state index in [4.69, 9.17) is 14.6 Å². The van der Waals surface area contributed by atoms with E-state index in [0.29, 0.717) is 0 Å². The first-order valence-corrected chi connectivity index (χ1v) is 11.0. The van der Waals surface area contributed by atoms with Crippen molar-refractivity contribution in [1.82, 2.24) is 0 Å². The molecular weight excluding hydrogens is 266 g/mol. The molecule has 0 fully saturated rings. The standard InChI is InChI=1S/C16H37NO2Si/c1-4-7-13-18-20(15-9-6-3,16-11-10-12-17)19-14-8-5-2/h4-17H2,1-3H3. The maximum Gasteiger partial charge on any atom is 0.338 e. The molecule has 0 spiro atoms. The molecule has 0 aliphatic heterocycles. The van der Waals surface area contributed by atoms with Crippen LogP contribution in [-0.4, -0.2) is 28.3 Å². The molecule has 0 aromatic heterocycles.